The van der Waals surface area contributed by atoms with Crippen LogP contribution in [0.15, 0.2) is 12.2 Å². The van der Waals surface area contributed by atoms with Crippen LogP contribution in [0.1, 0.15) is 33.1 Å². The van der Waals surface area contributed by atoms with Crippen molar-refractivity contribution in [1.82, 2.24) is 0 Å². The molecule has 0 saturated heterocycles. The summed E-state index contributed by atoms with van der Waals surface area (Å²) in [5, 5.41) is 0. The van der Waals surface area contributed by atoms with Crippen LogP contribution in [0.5, 0.6) is 0 Å². The number of allylic oxidation sites excluding steroid dienone is 1. The van der Waals surface area contributed by atoms with E-state index in [9.17, 15) is 4.79 Å². The molecule has 0 heterocycles. The summed E-state index contributed by atoms with van der Waals surface area (Å²) in [6.07, 6.45) is 2.05. The highest BCUT2D eigenvalue weighted by Crippen LogP contribution is 2.03. The SMILES string of the molecule is C=C(C)CCC(=O)C(N)CC. The third-order valence-electron chi connectivity index (χ3n) is 1.65. The molecule has 0 amide bonds. The molecule has 0 bridgehead atoms. The number of carbonyl (C=O) groups excluding carboxylic acids is 1. The molecule has 11 heavy (non-hydrogen) atoms. The van der Waals surface area contributed by atoms with Crippen molar-refractivity contribution in [2.75, 3.05) is 0 Å². The van der Waals surface area contributed by atoms with Gasteiger partial charge in [0.15, 0.2) is 0 Å². The van der Waals surface area contributed by atoms with Gasteiger partial charge in [0.1, 0.15) is 5.78 Å². The molecule has 0 spiro atoms. The maximum absolute atomic E-state index is 11.1. The van der Waals surface area contributed by atoms with Crippen molar-refractivity contribution in [3.63, 3.8) is 0 Å². The first-order valence-electron chi connectivity index (χ1n) is 4.00. The quantitative estimate of drug-likeness (QED) is 0.613. The van der Waals surface area contributed by atoms with E-state index < -0.39 is 0 Å². The standard InChI is InChI=1S/C9H17NO/c1-4-8(10)9(11)6-5-7(2)3/h8H,2,4-6,10H2,1,3H3. The lowest BCUT2D eigenvalue weighted by atomic mass is 10.0. The highest BCUT2D eigenvalue weighted by Gasteiger charge is 2.09. The second-order valence-electron chi connectivity index (χ2n) is 2.94. The molecular formula is C9H17NO. The third-order valence-corrected chi connectivity index (χ3v) is 1.65. The van der Waals surface area contributed by atoms with Crippen LogP contribution in [0.3, 0.4) is 0 Å². The lowest BCUT2D eigenvalue weighted by Crippen LogP contribution is -2.29. The first-order valence-corrected chi connectivity index (χ1v) is 4.00. The van der Waals surface area contributed by atoms with Crippen molar-refractivity contribution in [2.45, 2.75) is 39.2 Å². The van der Waals surface area contributed by atoms with E-state index in [0.717, 1.165) is 18.4 Å². The third kappa shape index (κ3) is 4.73. The lowest BCUT2D eigenvalue weighted by Gasteiger charge is -2.06. The molecule has 0 rings (SSSR count). The Morgan fingerprint density at radius 2 is 2.09 bits per heavy atom. The Labute approximate surface area is 68.5 Å². The highest BCUT2D eigenvalue weighted by atomic mass is 16.1. The predicted molar refractivity (Wildman–Crippen MR) is 47.3 cm³/mol. The molecule has 2 nitrogen and oxygen atoms in total. The first-order chi connectivity index (χ1) is 5.07. The molecule has 1 unspecified atom stereocenters. The van der Waals surface area contributed by atoms with Crippen molar-refractivity contribution in [1.29, 1.82) is 0 Å². The van der Waals surface area contributed by atoms with E-state index in [4.69, 9.17) is 5.73 Å². The van der Waals surface area contributed by atoms with Gasteiger partial charge in [-0.1, -0.05) is 12.5 Å². The van der Waals surface area contributed by atoms with Gasteiger partial charge in [-0.05, 0) is 19.8 Å². The monoisotopic (exact) mass is 155 g/mol. The summed E-state index contributed by atoms with van der Waals surface area (Å²) in [6, 6.07) is -0.269. The molecule has 0 saturated carbocycles. The zero-order chi connectivity index (χ0) is 8.85. The maximum atomic E-state index is 11.1. The van der Waals surface area contributed by atoms with Crippen LogP contribution >= 0.6 is 0 Å². The van der Waals surface area contributed by atoms with E-state index in [0.29, 0.717) is 6.42 Å². The average Bonchev–Trinajstić information content (AvgIpc) is 1.98. The van der Waals surface area contributed by atoms with Gasteiger partial charge in [-0.15, -0.1) is 6.58 Å². The molecular weight excluding hydrogens is 138 g/mol. The van der Waals surface area contributed by atoms with E-state index in [2.05, 4.69) is 6.58 Å². The zero-order valence-electron chi connectivity index (χ0n) is 7.39. The molecule has 2 heteroatoms. The molecule has 0 aromatic carbocycles. The van der Waals surface area contributed by atoms with Gasteiger partial charge in [0, 0.05) is 6.42 Å². The number of Topliss-reactive ketones (excluding diaryl/α,β-unsaturated/α-hetero) is 1. The lowest BCUT2D eigenvalue weighted by molar-refractivity contribution is -0.120. The minimum absolute atomic E-state index is 0.149. The summed E-state index contributed by atoms with van der Waals surface area (Å²) >= 11 is 0. The number of carbonyl (C=O) groups is 1. The van der Waals surface area contributed by atoms with Gasteiger partial charge in [-0.2, -0.15) is 0 Å². The summed E-state index contributed by atoms with van der Waals surface area (Å²) in [6.45, 7) is 7.56. The average molecular weight is 155 g/mol. The summed E-state index contributed by atoms with van der Waals surface area (Å²) in [7, 11) is 0. The Morgan fingerprint density at radius 1 is 1.55 bits per heavy atom. The Balaban J connectivity index is 3.60. The summed E-state index contributed by atoms with van der Waals surface area (Å²) in [5.41, 5.74) is 6.57. The molecule has 1 atom stereocenters. The number of nitrogens with two attached hydrogens (primary N) is 1. The topological polar surface area (TPSA) is 43.1 Å². The van der Waals surface area contributed by atoms with E-state index in [1.54, 1.807) is 0 Å². The van der Waals surface area contributed by atoms with Crippen molar-refractivity contribution in [3.05, 3.63) is 12.2 Å². The number of ketones is 1. The van der Waals surface area contributed by atoms with Gasteiger partial charge >= 0.3 is 0 Å². The van der Waals surface area contributed by atoms with Gasteiger partial charge in [0.2, 0.25) is 0 Å². The van der Waals surface area contributed by atoms with Gasteiger partial charge in [-0.25, -0.2) is 0 Å². The van der Waals surface area contributed by atoms with Crippen molar-refractivity contribution in [2.24, 2.45) is 5.73 Å². The molecule has 64 valence electrons. The Kier molecular flexibility index (Phi) is 4.79. The minimum atomic E-state index is -0.269. The minimum Gasteiger partial charge on any atom is -0.322 e. The van der Waals surface area contributed by atoms with Crippen LogP contribution in [0.25, 0.3) is 0 Å². The number of rotatable bonds is 5. The molecule has 2 N–H and O–H groups in total. The molecule has 0 radical (unpaired) electrons. The van der Waals surface area contributed by atoms with Crippen LogP contribution in [0.4, 0.5) is 0 Å². The molecule has 0 aromatic heterocycles. The summed E-state index contributed by atoms with van der Waals surface area (Å²) in [4.78, 5) is 11.1. The van der Waals surface area contributed by atoms with Gasteiger partial charge in [0.25, 0.3) is 0 Å². The number of hydrogen-bond acceptors (Lipinski definition) is 2. The molecule has 0 aliphatic heterocycles. The maximum Gasteiger partial charge on any atom is 0.149 e. The van der Waals surface area contributed by atoms with Crippen molar-refractivity contribution >= 4 is 5.78 Å². The van der Waals surface area contributed by atoms with Crippen LogP contribution in [0.2, 0.25) is 0 Å². The van der Waals surface area contributed by atoms with Crippen LogP contribution in [0, 0.1) is 0 Å². The fourth-order valence-electron chi connectivity index (χ4n) is 0.750. The molecule has 0 fully saturated rings. The van der Waals surface area contributed by atoms with E-state index >= 15 is 0 Å². The van der Waals surface area contributed by atoms with Gasteiger partial charge < -0.3 is 5.73 Å². The second-order valence-corrected chi connectivity index (χ2v) is 2.94. The van der Waals surface area contributed by atoms with Gasteiger partial charge in [0.05, 0.1) is 6.04 Å². The fraction of sp³-hybridized carbons (Fsp3) is 0.667. The molecule has 0 aliphatic rings. The number of hydrogen-bond donors (Lipinski definition) is 1. The second kappa shape index (κ2) is 5.08. The van der Waals surface area contributed by atoms with Crippen LogP contribution in [-0.4, -0.2) is 11.8 Å². The van der Waals surface area contributed by atoms with Crippen LogP contribution in [-0.2, 0) is 4.79 Å². The van der Waals surface area contributed by atoms with Crippen LogP contribution < -0.4 is 5.73 Å². The normalized spacial score (nSPS) is 12.6. The van der Waals surface area contributed by atoms with Gasteiger partial charge in [-0.3, -0.25) is 4.79 Å². The Morgan fingerprint density at radius 3 is 2.45 bits per heavy atom. The van der Waals surface area contributed by atoms with Crippen molar-refractivity contribution in [3.8, 4) is 0 Å². The van der Waals surface area contributed by atoms with E-state index in [1.165, 1.54) is 0 Å². The summed E-state index contributed by atoms with van der Waals surface area (Å²) < 4.78 is 0. The zero-order valence-corrected chi connectivity index (χ0v) is 7.39. The highest BCUT2D eigenvalue weighted by molar-refractivity contribution is 5.83. The van der Waals surface area contributed by atoms with E-state index in [-0.39, 0.29) is 11.8 Å². The first kappa shape index (κ1) is 10.4. The van der Waals surface area contributed by atoms with E-state index in [1.807, 2.05) is 13.8 Å². The van der Waals surface area contributed by atoms with Crippen molar-refractivity contribution < 1.29 is 4.79 Å². The predicted octanol–water partition coefficient (Wildman–Crippen LogP) is 1.65. The Bertz CT molecular complexity index is 152. The molecule has 0 aromatic rings. The smallest absolute Gasteiger partial charge is 0.149 e. The molecule has 0 aliphatic carbocycles. The largest absolute Gasteiger partial charge is 0.322 e. The summed E-state index contributed by atoms with van der Waals surface area (Å²) in [5.74, 6) is 0.149. The fourth-order valence-corrected chi connectivity index (χ4v) is 0.750. The Hall–Kier alpha value is -0.630.